The first-order valence-corrected chi connectivity index (χ1v) is 3.66. The molecule has 0 heterocycles. The lowest BCUT2D eigenvalue weighted by Gasteiger charge is -2.07. The fourth-order valence-corrected chi connectivity index (χ4v) is 0.364. The second kappa shape index (κ2) is 4.71. The van der Waals surface area contributed by atoms with E-state index in [4.69, 9.17) is 0 Å². The molecule has 11 heavy (non-hydrogen) atoms. The van der Waals surface area contributed by atoms with Gasteiger partial charge in [-0.3, -0.25) is 20.4 Å². The summed E-state index contributed by atoms with van der Waals surface area (Å²) in [6, 6.07) is 0. The van der Waals surface area contributed by atoms with Crippen molar-refractivity contribution in [2.75, 3.05) is 0 Å². The van der Waals surface area contributed by atoms with Gasteiger partial charge in [-0.1, -0.05) is 20.8 Å². The first-order chi connectivity index (χ1) is 5.07. The van der Waals surface area contributed by atoms with Crippen molar-refractivity contribution < 1.29 is 9.59 Å². The number of hydrogen-bond donors (Lipinski definition) is 2. The molecule has 0 aromatic carbocycles. The number of carbonyl (C=O) groups excluding carboxylic acids is 2. The normalized spacial score (nSPS) is 9.45. The third-order valence-corrected chi connectivity index (χ3v) is 1.17. The highest BCUT2D eigenvalue weighted by Gasteiger charge is 2.06. The number of carbonyl (C=O) groups is 2. The molecular weight excluding hydrogens is 144 g/mol. The minimum absolute atomic E-state index is 0.104. The maximum absolute atomic E-state index is 10.8. The van der Waals surface area contributed by atoms with Gasteiger partial charge in [-0.15, -0.1) is 0 Å². The second-order valence-electron chi connectivity index (χ2n) is 2.55. The number of amides is 2. The van der Waals surface area contributed by atoms with Crippen LogP contribution in [0.2, 0.25) is 0 Å². The van der Waals surface area contributed by atoms with E-state index >= 15 is 0 Å². The van der Waals surface area contributed by atoms with E-state index in [1.807, 2.05) is 0 Å². The number of rotatable bonds is 2. The van der Waals surface area contributed by atoms with Crippen LogP contribution in [0.25, 0.3) is 0 Å². The lowest BCUT2D eigenvalue weighted by atomic mass is 10.2. The van der Waals surface area contributed by atoms with E-state index in [0.717, 1.165) is 0 Å². The molecule has 0 atom stereocenters. The van der Waals surface area contributed by atoms with Crippen LogP contribution < -0.4 is 10.9 Å². The summed E-state index contributed by atoms with van der Waals surface area (Å²) in [6.07, 6.45) is 0.373. The lowest BCUT2D eigenvalue weighted by molar-refractivity contribution is -0.130. The molecule has 0 aromatic rings. The van der Waals surface area contributed by atoms with Crippen molar-refractivity contribution in [3.05, 3.63) is 0 Å². The molecule has 0 spiro atoms. The summed E-state index contributed by atoms with van der Waals surface area (Å²) in [5.41, 5.74) is 4.57. The Balaban J connectivity index is 3.54. The fourth-order valence-electron chi connectivity index (χ4n) is 0.364. The molecule has 4 heteroatoms. The zero-order valence-corrected chi connectivity index (χ0v) is 7.10. The predicted octanol–water partition coefficient (Wildman–Crippen LogP) is 0.200. The van der Waals surface area contributed by atoms with Gasteiger partial charge < -0.3 is 0 Å². The van der Waals surface area contributed by atoms with Gasteiger partial charge in [0.15, 0.2) is 0 Å². The van der Waals surface area contributed by atoms with Gasteiger partial charge in [0, 0.05) is 12.3 Å². The minimum Gasteiger partial charge on any atom is -0.273 e. The van der Waals surface area contributed by atoms with Crippen molar-refractivity contribution in [1.82, 2.24) is 10.9 Å². The molecule has 0 saturated heterocycles. The Morgan fingerprint density at radius 2 is 1.82 bits per heavy atom. The third kappa shape index (κ3) is 4.36. The molecule has 64 valence electrons. The Morgan fingerprint density at radius 3 is 2.18 bits per heavy atom. The molecule has 0 unspecified atom stereocenters. The molecule has 0 rings (SSSR count). The first-order valence-electron chi connectivity index (χ1n) is 3.66. The van der Waals surface area contributed by atoms with Gasteiger partial charge in [-0.25, -0.2) is 0 Å². The van der Waals surface area contributed by atoms with Gasteiger partial charge in [-0.2, -0.15) is 0 Å². The maximum atomic E-state index is 10.8. The largest absolute Gasteiger partial charge is 0.273 e. The molecule has 2 amide bonds. The Kier molecular flexibility index (Phi) is 4.26. The summed E-state index contributed by atoms with van der Waals surface area (Å²) in [5, 5.41) is 0. The molecule has 0 aliphatic rings. The summed E-state index contributed by atoms with van der Waals surface area (Å²) in [4.78, 5) is 21.5. The summed E-state index contributed by atoms with van der Waals surface area (Å²) < 4.78 is 0. The Morgan fingerprint density at radius 1 is 1.27 bits per heavy atom. The van der Waals surface area contributed by atoms with Crippen molar-refractivity contribution >= 4 is 11.8 Å². The van der Waals surface area contributed by atoms with Crippen LogP contribution >= 0.6 is 0 Å². The molecule has 0 radical (unpaired) electrons. The fraction of sp³-hybridized carbons (Fsp3) is 0.714. The monoisotopic (exact) mass is 158 g/mol. The molecule has 0 aromatic heterocycles. The van der Waals surface area contributed by atoms with Crippen LogP contribution in [-0.2, 0) is 9.59 Å². The predicted molar refractivity (Wildman–Crippen MR) is 41.4 cm³/mol. The molecule has 0 bridgehead atoms. The Labute approximate surface area is 66.3 Å². The van der Waals surface area contributed by atoms with Gasteiger partial charge in [-0.05, 0) is 0 Å². The Hall–Kier alpha value is -1.06. The van der Waals surface area contributed by atoms with Crippen LogP contribution in [-0.4, -0.2) is 11.8 Å². The first kappa shape index (κ1) is 9.94. The molecule has 0 aliphatic heterocycles. The molecular formula is C7H14N2O2. The standard InChI is InChI=1S/C7H14N2O2/c1-4-6(10)8-9-7(11)5(2)3/h5H,4H2,1-3H3,(H,8,10)(H,9,11). The molecule has 2 N–H and O–H groups in total. The molecule has 0 fully saturated rings. The lowest BCUT2D eigenvalue weighted by Crippen LogP contribution is -2.43. The average molecular weight is 158 g/mol. The summed E-state index contributed by atoms with van der Waals surface area (Å²) >= 11 is 0. The van der Waals surface area contributed by atoms with Crippen LogP contribution in [0.5, 0.6) is 0 Å². The highest BCUT2D eigenvalue weighted by molar-refractivity contribution is 5.82. The van der Waals surface area contributed by atoms with Crippen molar-refractivity contribution in [3.8, 4) is 0 Å². The molecule has 0 aliphatic carbocycles. The van der Waals surface area contributed by atoms with E-state index in [1.165, 1.54) is 0 Å². The smallest absolute Gasteiger partial charge is 0.240 e. The third-order valence-electron chi connectivity index (χ3n) is 1.17. The van der Waals surface area contributed by atoms with E-state index in [-0.39, 0.29) is 17.7 Å². The summed E-state index contributed by atoms with van der Waals surface area (Å²) in [6.45, 7) is 5.23. The topological polar surface area (TPSA) is 58.2 Å². The number of hydrazine groups is 1. The maximum Gasteiger partial charge on any atom is 0.240 e. The van der Waals surface area contributed by atoms with E-state index in [0.29, 0.717) is 6.42 Å². The van der Waals surface area contributed by atoms with E-state index in [9.17, 15) is 9.59 Å². The van der Waals surface area contributed by atoms with E-state index in [2.05, 4.69) is 10.9 Å². The van der Waals surface area contributed by atoms with Gasteiger partial charge in [0.05, 0.1) is 0 Å². The van der Waals surface area contributed by atoms with Crippen LogP contribution in [0.1, 0.15) is 27.2 Å². The quantitative estimate of drug-likeness (QED) is 0.564. The number of hydrogen-bond acceptors (Lipinski definition) is 2. The SMILES string of the molecule is CCC(=O)NNC(=O)C(C)C. The van der Waals surface area contributed by atoms with Crippen LogP contribution in [0.15, 0.2) is 0 Å². The van der Waals surface area contributed by atoms with Gasteiger partial charge >= 0.3 is 0 Å². The van der Waals surface area contributed by atoms with Crippen molar-refractivity contribution in [2.45, 2.75) is 27.2 Å². The van der Waals surface area contributed by atoms with Gasteiger partial charge in [0.1, 0.15) is 0 Å². The van der Waals surface area contributed by atoms with Crippen molar-refractivity contribution in [1.29, 1.82) is 0 Å². The summed E-state index contributed by atoms with van der Waals surface area (Å²) in [7, 11) is 0. The molecule has 4 nitrogen and oxygen atoms in total. The zero-order chi connectivity index (χ0) is 8.85. The average Bonchev–Trinajstić information content (AvgIpc) is 1.99. The highest BCUT2D eigenvalue weighted by atomic mass is 16.2. The summed E-state index contributed by atoms with van der Waals surface area (Å²) in [5.74, 6) is -0.460. The van der Waals surface area contributed by atoms with Crippen LogP contribution in [0.4, 0.5) is 0 Å². The number of nitrogens with one attached hydrogen (secondary N) is 2. The molecule has 0 saturated carbocycles. The van der Waals surface area contributed by atoms with Gasteiger partial charge in [0.25, 0.3) is 0 Å². The van der Waals surface area contributed by atoms with Crippen molar-refractivity contribution in [2.24, 2.45) is 5.92 Å². The van der Waals surface area contributed by atoms with Gasteiger partial charge in [0.2, 0.25) is 11.8 Å². The van der Waals surface area contributed by atoms with Crippen LogP contribution in [0, 0.1) is 5.92 Å². The van der Waals surface area contributed by atoms with Crippen LogP contribution in [0.3, 0.4) is 0 Å². The minimum atomic E-state index is -0.181. The van der Waals surface area contributed by atoms with E-state index < -0.39 is 0 Å². The van der Waals surface area contributed by atoms with E-state index in [1.54, 1.807) is 20.8 Å². The second-order valence-corrected chi connectivity index (χ2v) is 2.55. The Bertz CT molecular complexity index is 155. The zero-order valence-electron chi connectivity index (χ0n) is 7.10. The van der Waals surface area contributed by atoms with Crippen molar-refractivity contribution in [3.63, 3.8) is 0 Å². The highest BCUT2D eigenvalue weighted by Crippen LogP contribution is 1.88.